The van der Waals surface area contributed by atoms with Gasteiger partial charge in [0.2, 0.25) is 10.0 Å². The van der Waals surface area contributed by atoms with Crippen LogP contribution < -0.4 is 10.2 Å². The fourth-order valence-electron chi connectivity index (χ4n) is 3.56. The second kappa shape index (κ2) is 6.27. The van der Waals surface area contributed by atoms with E-state index in [4.69, 9.17) is 9.47 Å². The first-order valence-corrected chi connectivity index (χ1v) is 9.87. The zero-order valence-electron chi connectivity index (χ0n) is 13.6. The first-order valence-electron chi connectivity index (χ1n) is 8.43. The number of nitrogens with zero attached hydrogens (tertiary/aromatic N) is 2. The van der Waals surface area contributed by atoms with Crippen molar-refractivity contribution in [2.45, 2.75) is 23.5 Å². The van der Waals surface area contributed by atoms with Crippen LogP contribution in [0.25, 0.3) is 0 Å². The van der Waals surface area contributed by atoms with Gasteiger partial charge in [-0.25, -0.2) is 8.42 Å². The Kier molecular flexibility index (Phi) is 4.26. The van der Waals surface area contributed by atoms with E-state index in [9.17, 15) is 8.42 Å². The van der Waals surface area contributed by atoms with Gasteiger partial charge in [0.05, 0.1) is 24.8 Å². The van der Waals surface area contributed by atoms with Crippen LogP contribution in [0.2, 0.25) is 0 Å². The molecule has 24 heavy (non-hydrogen) atoms. The maximum absolute atomic E-state index is 12.5. The molecule has 0 saturated carbocycles. The van der Waals surface area contributed by atoms with Crippen LogP contribution in [0.3, 0.4) is 0 Å². The molecule has 3 heterocycles. The van der Waals surface area contributed by atoms with Crippen molar-refractivity contribution < 1.29 is 17.9 Å². The molecule has 1 aromatic rings. The molecule has 3 saturated heterocycles. The van der Waals surface area contributed by atoms with Crippen LogP contribution in [0, 0.1) is 0 Å². The van der Waals surface area contributed by atoms with Crippen molar-refractivity contribution in [1.29, 1.82) is 0 Å². The van der Waals surface area contributed by atoms with Crippen molar-refractivity contribution in [2.75, 3.05) is 51.0 Å². The third kappa shape index (κ3) is 2.93. The van der Waals surface area contributed by atoms with E-state index < -0.39 is 10.0 Å². The molecule has 3 aliphatic heterocycles. The lowest BCUT2D eigenvalue weighted by Crippen LogP contribution is -2.45. The SMILES string of the molecule is O=S(=O)(c1ccc(N2CCC3(CC2)OCCO3)cc1)N1CCNC1. The highest BCUT2D eigenvalue weighted by Gasteiger charge is 2.39. The van der Waals surface area contributed by atoms with Gasteiger partial charge in [-0.15, -0.1) is 0 Å². The molecule has 0 aliphatic carbocycles. The quantitative estimate of drug-likeness (QED) is 0.857. The van der Waals surface area contributed by atoms with E-state index in [-0.39, 0.29) is 5.79 Å². The van der Waals surface area contributed by atoms with Gasteiger partial charge in [-0.2, -0.15) is 4.31 Å². The van der Waals surface area contributed by atoms with Crippen molar-refractivity contribution in [1.82, 2.24) is 9.62 Å². The summed E-state index contributed by atoms with van der Waals surface area (Å²) in [5, 5.41) is 3.05. The number of nitrogens with one attached hydrogen (secondary N) is 1. The molecule has 4 rings (SSSR count). The summed E-state index contributed by atoms with van der Waals surface area (Å²) in [7, 11) is -3.39. The van der Waals surface area contributed by atoms with Crippen molar-refractivity contribution in [3.8, 4) is 0 Å². The summed E-state index contributed by atoms with van der Waals surface area (Å²) >= 11 is 0. The molecule has 1 aromatic carbocycles. The third-order valence-corrected chi connectivity index (χ3v) is 6.86. The van der Waals surface area contributed by atoms with Gasteiger partial charge in [-0.05, 0) is 24.3 Å². The standard InChI is InChI=1S/C16H23N3O4S/c20-24(21,19-10-7-17-13-19)15-3-1-14(2-4-15)18-8-5-16(6-9-18)22-11-12-23-16/h1-4,17H,5-13H2. The molecule has 1 N–H and O–H groups in total. The van der Waals surface area contributed by atoms with Crippen LogP contribution in [0.15, 0.2) is 29.2 Å². The first-order chi connectivity index (χ1) is 11.6. The Morgan fingerprint density at radius 1 is 1.00 bits per heavy atom. The second-order valence-electron chi connectivity index (χ2n) is 6.43. The van der Waals surface area contributed by atoms with Crippen LogP contribution in [0.1, 0.15) is 12.8 Å². The second-order valence-corrected chi connectivity index (χ2v) is 8.37. The number of ether oxygens (including phenoxy) is 2. The summed E-state index contributed by atoms with van der Waals surface area (Å²) in [5.41, 5.74) is 1.04. The Labute approximate surface area is 142 Å². The van der Waals surface area contributed by atoms with E-state index in [1.54, 1.807) is 12.1 Å². The van der Waals surface area contributed by atoms with Gasteiger partial charge in [0.1, 0.15) is 0 Å². The summed E-state index contributed by atoms with van der Waals surface area (Å²) < 4.78 is 38.0. The van der Waals surface area contributed by atoms with Gasteiger partial charge in [0.25, 0.3) is 0 Å². The first kappa shape index (κ1) is 16.3. The van der Waals surface area contributed by atoms with E-state index in [2.05, 4.69) is 10.2 Å². The lowest BCUT2D eigenvalue weighted by molar-refractivity contribution is -0.169. The Morgan fingerprint density at radius 2 is 1.67 bits per heavy atom. The van der Waals surface area contributed by atoms with Gasteiger partial charge < -0.3 is 19.7 Å². The largest absolute Gasteiger partial charge is 0.371 e. The Balaban J connectivity index is 1.44. The predicted octanol–water partition coefficient (Wildman–Crippen LogP) is 0.581. The smallest absolute Gasteiger partial charge is 0.244 e. The number of benzene rings is 1. The molecular weight excluding hydrogens is 330 g/mol. The summed E-state index contributed by atoms with van der Waals surface area (Å²) in [5.74, 6) is -0.386. The minimum Gasteiger partial charge on any atom is -0.371 e. The van der Waals surface area contributed by atoms with Crippen LogP contribution >= 0.6 is 0 Å². The van der Waals surface area contributed by atoms with Gasteiger partial charge in [-0.1, -0.05) is 0 Å². The average molecular weight is 353 g/mol. The Bertz CT molecular complexity index is 670. The molecule has 0 atom stereocenters. The van der Waals surface area contributed by atoms with Gasteiger partial charge >= 0.3 is 0 Å². The normalized spacial score (nSPS) is 24.8. The van der Waals surface area contributed by atoms with E-state index >= 15 is 0 Å². The topological polar surface area (TPSA) is 71.1 Å². The van der Waals surface area contributed by atoms with Crippen molar-refractivity contribution in [3.05, 3.63) is 24.3 Å². The van der Waals surface area contributed by atoms with Gasteiger partial charge in [0, 0.05) is 44.7 Å². The molecule has 3 aliphatic rings. The summed E-state index contributed by atoms with van der Waals surface area (Å²) in [6, 6.07) is 7.20. The summed E-state index contributed by atoms with van der Waals surface area (Å²) in [6.07, 6.45) is 1.68. The summed E-state index contributed by atoms with van der Waals surface area (Å²) in [4.78, 5) is 2.61. The molecule has 7 nitrogen and oxygen atoms in total. The number of rotatable bonds is 3. The van der Waals surface area contributed by atoms with Crippen molar-refractivity contribution in [2.24, 2.45) is 0 Å². The monoisotopic (exact) mass is 353 g/mol. The fraction of sp³-hybridized carbons (Fsp3) is 0.625. The van der Waals surface area contributed by atoms with Gasteiger partial charge in [0.15, 0.2) is 5.79 Å². The molecule has 0 radical (unpaired) electrons. The zero-order valence-corrected chi connectivity index (χ0v) is 14.4. The molecule has 0 amide bonds. The van der Waals surface area contributed by atoms with E-state index in [0.29, 0.717) is 37.9 Å². The van der Waals surface area contributed by atoms with E-state index in [1.165, 1.54) is 4.31 Å². The van der Waals surface area contributed by atoms with Crippen LogP contribution in [0.4, 0.5) is 5.69 Å². The fourth-order valence-corrected chi connectivity index (χ4v) is 4.93. The number of piperidine rings is 1. The Morgan fingerprint density at radius 3 is 2.25 bits per heavy atom. The number of hydrogen-bond donors (Lipinski definition) is 1. The maximum atomic E-state index is 12.5. The predicted molar refractivity (Wildman–Crippen MR) is 89.3 cm³/mol. The third-order valence-electron chi connectivity index (χ3n) is 5.00. The number of anilines is 1. The van der Waals surface area contributed by atoms with Crippen molar-refractivity contribution >= 4 is 15.7 Å². The number of hydrogen-bond acceptors (Lipinski definition) is 6. The Hall–Kier alpha value is -1.19. The molecule has 0 bridgehead atoms. The summed E-state index contributed by atoms with van der Waals surface area (Å²) in [6.45, 7) is 4.67. The maximum Gasteiger partial charge on any atom is 0.244 e. The highest BCUT2D eigenvalue weighted by atomic mass is 32.2. The molecule has 1 spiro atoms. The lowest BCUT2D eigenvalue weighted by atomic mass is 10.0. The van der Waals surface area contributed by atoms with E-state index in [0.717, 1.165) is 31.6 Å². The van der Waals surface area contributed by atoms with Crippen molar-refractivity contribution in [3.63, 3.8) is 0 Å². The average Bonchev–Trinajstić information content (AvgIpc) is 3.28. The minimum atomic E-state index is -3.39. The zero-order chi connectivity index (χ0) is 16.6. The molecule has 0 aromatic heterocycles. The highest BCUT2D eigenvalue weighted by molar-refractivity contribution is 7.89. The van der Waals surface area contributed by atoms with Crippen LogP contribution in [-0.2, 0) is 19.5 Å². The highest BCUT2D eigenvalue weighted by Crippen LogP contribution is 2.33. The van der Waals surface area contributed by atoms with Crippen LogP contribution in [0.5, 0.6) is 0 Å². The molecule has 3 fully saturated rings. The minimum absolute atomic E-state index is 0.353. The molecular formula is C16H23N3O4S. The number of sulfonamides is 1. The molecule has 0 unspecified atom stereocenters. The van der Waals surface area contributed by atoms with Gasteiger partial charge in [-0.3, -0.25) is 0 Å². The van der Waals surface area contributed by atoms with E-state index in [1.807, 2.05) is 12.1 Å². The molecule has 132 valence electrons. The molecule has 8 heteroatoms. The lowest BCUT2D eigenvalue weighted by Gasteiger charge is -2.38. The van der Waals surface area contributed by atoms with Crippen LogP contribution in [-0.4, -0.2) is 64.6 Å².